The first kappa shape index (κ1) is 9.22. The first-order chi connectivity index (χ1) is 7.36. The van der Waals surface area contributed by atoms with Gasteiger partial charge in [0.25, 0.3) is 0 Å². The first-order valence-corrected chi connectivity index (χ1v) is 4.46. The molecule has 0 bridgehead atoms. The van der Waals surface area contributed by atoms with Crippen molar-refractivity contribution >= 4 is 22.8 Å². The van der Waals surface area contributed by atoms with Gasteiger partial charge in [0.1, 0.15) is 0 Å². The van der Waals surface area contributed by atoms with E-state index in [1.54, 1.807) is 6.20 Å². The molecular formula is C12H9N3. The van der Waals surface area contributed by atoms with Crippen molar-refractivity contribution in [2.24, 2.45) is 0 Å². The second-order valence-corrected chi connectivity index (χ2v) is 3.02. The fraction of sp³-hybridized carbons (Fsp3) is 0. The molecule has 72 valence electrons. The maximum Gasteiger partial charge on any atom is 0.0810 e. The number of aromatic nitrogens is 1. The molecule has 0 radical (unpaired) electrons. The molecule has 0 unspecified atom stereocenters. The number of pyridine rings is 1. The Morgan fingerprint density at radius 3 is 3.00 bits per heavy atom. The number of nitrogens with one attached hydrogen (secondary N) is 2. The van der Waals surface area contributed by atoms with Crippen LogP contribution in [0.25, 0.3) is 10.9 Å². The van der Waals surface area contributed by atoms with Gasteiger partial charge in [-0.1, -0.05) is 18.6 Å². The van der Waals surface area contributed by atoms with Crippen molar-refractivity contribution in [3.63, 3.8) is 0 Å². The lowest BCUT2D eigenvalue weighted by atomic mass is 10.1. The van der Waals surface area contributed by atoms with Gasteiger partial charge in [-0.25, -0.2) is 0 Å². The third kappa shape index (κ3) is 1.53. The summed E-state index contributed by atoms with van der Waals surface area (Å²) in [5.74, 6) is 0. The van der Waals surface area contributed by atoms with Crippen molar-refractivity contribution in [1.82, 2.24) is 4.98 Å². The zero-order valence-corrected chi connectivity index (χ0v) is 7.99. The van der Waals surface area contributed by atoms with Crippen molar-refractivity contribution in [1.29, 1.82) is 5.41 Å². The Kier molecular flexibility index (Phi) is 2.34. The number of rotatable bonds is 2. The van der Waals surface area contributed by atoms with Crippen LogP contribution >= 0.6 is 0 Å². The minimum Gasteiger partial charge on any atom is -0.314 e. The van der Waals surface area contributed by atoms with E-state index >= 15 is 0 Å². The van der Waals surface area contributed by atoms with E-state index in [1.807, 2.05) is 24.3 Å². The third-order valence-corrected chi connectivity index (χ3v) is 2.16. The van der Waals surface area contributed by atoms with Gasteiger partial charge in [0.2, 0.25) is 0 Å². The standard InChI is InChI=1S/C12H9N3/c1-2-14-11-6-5-9-4-3-7-15-12(9)10(11)8-13/h1,3-8,13-14H. The van der Waals surface area contributed by atoms with Gasteiger partial charge >= 0.3 is 0 Å². The van der Waals surface area contributed by atoms with Gasteiger partial charge in [-0.3, -0.25) is 4.98 Å². The molecule has 1 heterocycles. The number of hydrogen-bond donors (Lipinski definition) is 2. The monoisotopic (exact) mass is 195 g/mol. The zero-order chi connectivity index (χ0) is 10.7. The lowest BCUT2D eigenvalue weighted by molar-refractivity contribution is 1.40. The molecule has 0 saturated carbocycles. The fourth-order valence-electron chi connectivity index (χ4n) is 1.50. The largest absolute Gasteiger partial charge is 0.314 e. The van der Waals surface area contributed by atoms with E-state index in [0.29, 0.717) is 5.56 Å². The van der Waals surface area contributed by atoms with Crippen molar-refractivity contribution < 1.29 is 0 Å². The number of hydrogen-bond acceptors (Lipinski definition) is 3. The minimum atomic E-state index is 0.714. The molecule has 0 atom stereocenters. The molecule has 15 heavy (non-hydrogen) atoms. The second-order valence-electron chi connectivity index (χ2n) is 3.02. The van der Waals surface area contributed by atoms with Gasteiger partial charge in [0, 0.05) is 29.4 Å². The number of benzene rings is 1. The van der Waals surface area contributed by atoms with E-state index in [-0.39, 0.29) is 0 Å². The molecule has 0 fully saturated rings. The summed E-state index contributed by atoms with van der Waals surface area (Å²) in [7, 11) is 0. The minimum absolute atomic E-state index is 0.714. The smallest absolute Gasteiger partial charge is 0.0810 e. The van der Waals surface area contributed by atoms with Crippen LogP contribution in [0, 0.1) is 17.9 Å². The summed E-state index contributed by atoms with van der Waals surface area (Å²) >= 11 is 0. The normalized spacial score (nSPS) is 9.53. The highest BCUT2D eigenvalue weighted by Crippen LogP contribution is 2.22. The van der Waals surface area contributed by atoms with E-state index < -0.39 is 0 Å². The second kappa shape index (κ2) is 3.81. The van der Waals surface area contributed by atoms with Crippen molar-refractivity contribution in [3.8, 4) is 12.5 Å². The summed E-state index contributed by atoms with van der Waals surface area (Å²) in [5, 5.41) is 11.1. The summed E-state index contributed by atoms with van der Waals surface area (Å²) < 4.78 is 0. The van der Waals surface area contributed by atoms with Crippen LogP contribution in [0.15, 0.2) is 30.5 Å². The fourth-order valence-corrected chi connectivity index (χ4v) is 1.50. The molecule has 0 saturated heterocycles. The Hall–Kier alpha value is -2.34. The molecule has 0 amide bonds. The molecule has 1 aromatic heterocycles. The Morgan fingerprint density at radius 2 is 2.27 bits per heavy atom. The molecule has 0 aliphatic heterocycles. The van der Waals surface area contributed by atoms with Crippen LogP contribution in [0.1, 0.15) is 5.56 Å². The predicted octanol–water partition coefficient (Wildman–Crippen LogP) is 2.24. The SMILES string of the molecule is C#CNc1ccc2cccnc2c1C=N. The molecule has 2 rings (SSSR count). The zero-order valence-electron chi connectivity index (χ0n) is 7.99. The maximum absolute atomic E-state index is 7.37. The Morgan fingerprint density at radius 1 is 1.40 bits per heavy atom. The van der Waals surface area contributed by atoms with Crippen LogP contribution in [0.4, 0.5) is 5.69 Å². The van der Waals surface area contributed by atoms with Gasteiger partial charge in [-0.2, -0.15) is 0 Å². The van der Waals surface area contributed by atoms with Crippen LogP contribution in [0.5, 0.6) is 0 Å². The number of nitrogens with zero attached hydrogens (tertiary/aromatic N) is 1. The first-order valence-electron chi connectivity index (χ1n) is 4.46. The molecule has 0 aliphatic carbocycles. The van der Waals surface area contributed by atoms with Gasteiger partial charge < -0.3 is 10.7 Å². The maximum atomic E-state index is 7.37. The van der Waals surface area contributed by atoms with E-state index in [2.05, 4.69) is 16.3 Å². The molecule has 3 heteroatoms. The Balaban J connectivity index is 2.76. The Bertz CT molecular complexity index is 552. The van der Waals surface area contributed by atoms with Crippen LogP contribution in [0.2, 0.25) is 0 Å². The Labute approximate surface area is 87.7 Å². The molecule has 0 spiro atoms. The van der Waals surface area contributed by atoms with E-state index in [9.17, 15) is 0 Å². The van der Waals surface area contributed by atoms with Crippen molar-refractivity contribution in [3.05, 3.63) is 36.0 Å². The molecular weight excluding hydrogens is 186 g/mol. The highest BCUT2D eigenvalue weighted by Gasteiger charge is 2.04. The predicted molar refractivity (Wildman–Crippen MR) is 62.1 cm³/mol. The van der Waals surface area contributed by atoms with E-state index in [1.165, 1.54) is 6.21 Å². The van der Waals surface area contributed by atoms with Crippen LogP contribution in [-0.4, -0.2) is 11.2 Å². The number of fused-ring (bicyclic) bond motifs is 1. The van der Waals surface area contributed by atoms with Gasteiger partial charge in [0.15, 0.2) is 0 Å². The number of terminal acetylenes is 1. The highest BCUT2D eigenvalue weighted by molar-refractivity contribution is 6.02. The van der Waals surface area contributed by atoms with Crippen LogP contribution in [0.3, 0.4) is 0 Å². The lowest BCUT2D eigenvalue weighted by Crippen LogP contribution is -1.96. The third-order valence-electron chi connectivity index (χ3n) is 2.16. The molecule has 0 aliphatic rings. The van der Waals surface area contributed by atoms with Crippen molar-refractivity contribution in [2.45, 2.75) is 0 Å². The molecule has 3 nitrogen and oxygen atoms in total. The van der Waals surface area contributed by atoms with Gasteiger partial charge in [-0.05, 0) is 12.1 Å². The van der Waals surface area contributed by atoms with Crippen molar-refractivity contribution in [2.75, 3.05) is 5.32 Å². The number of anilines is 1. The average Bonchev–Trinajstić information content (AvgIpc) is 2.29. The topological polar surface area (TPSA) is 48.8 Å². The average molecular weight is 195 g/mol. The lowest BCUT2D eigenvalue weighted by Gasteiger charge is -2.06. The summed E-state index contributed by atoms with van der Waals surface area (Å²) in [5.41, 5.74) is 2.23. The molecule has 2 N–H and O–H groups in total. The molecule has 1 aromatic carbocycles. The van der Waals surface area contributed by atoms with Crippen LogP contribution < -0.4 is 5.32 Å². The summed E-state index contributed by atoms with van der Waals surface area (Å²) in [6, 6.07) is 9.94. The van der Waals surface area contributed by atoms with E-state index in [0.717, 1.165) is 16.6 Å². The molecule has 2 aromatic rings. The van der Waals surface area contributed by atoms with Crippen LogP contribution in [-0.2, 0) is 0 Å². The van der Waals surface area contributed by atoms with Gasteiger partial charge in [0.05, 0.1) is 11.2 Å². The highest BCUT2D eigenvalue weighted by atomic mass is 14.8. The summed E-state index contributed by atoms with van der Waals surface area (Å²) in [4.78, 5) is 4.24. The quantitative estimate of drug-likeness (QED) is 0.438. The van der Waals surface area contributed by atoms with Gasteiger partial charge in [-0.15, -0.1) is 0 Å². The summed E-state index contributed by atoms with van der Waals surface area (Å²) in [6.07, 6.45) is 8.13. The van der Waals surface area contributed by atoms with E-state index in [4.69, 9.17) is 11.8 Å². The summed E-state index contributed by atoms with van der Waals surface area (Å²) in [6.45, 7) is 0.